The quantitative estimate of drug-likeness (QED) is 0.941. The predicted octanol–water partition coefficient (Wildman–Crippen LogP) is 3.36. The van der Waals surface area contributed by atoms with Crippen LogP contribution < -0.4 is 10.2 Å². The highest BCUT2D eigenvalue weighted by Gasteiger charge is 2.25. The number of benzene rings is 2. The van der Waals surface area contributed by atoms with Crippen molar-refractivity contribution in [2.75, 3.05) is 44.0 Å². The monoisotopic (exact) mass is 325 g/mol. The van der Waals surface area contributed by atoms with Gasteiger partial charge < -0.3 is 19.9 Å². The standard InChI is InChI=1S/C19H23N3O2/c1-21(2)17-11-7-6-10-16(17)20-19(23)22-12-13-24-18(14-22)15-8-4-3-5-9-15/h3-11,18H,12-14H2,1-2H3,(H,20,23). The summed E-state index contributed by atoms with van der Waals surface area (Å²) in [4.78, 5) is 16.5. The molecule has 1 N–H and O–H groups in total. The number of para-hydroxylation sites is 2. The highest BCUT2D eigenvalue weighted by molar-refractivity contribution is 5.93. The Hall–Kier alpha value is -2.53. The maximum Gasteiger partial charge on any atom is 0.322 e. The molecule has 0 aliphatic carbocycles. The van der Waals surface area contributed by atoms with Crippen molar-refractivity contribution >= 4 is 17.4 Å². The molecule has 2 aromatic rings. The van der Waals surface area contributed by atoms with Crippen molar-refractivity contribution < 1.29 is 9.53 Å². The van der Waals surface area contributed by atoms with Crippen LogP contribution in [0.5, 0.6) is 0 Å². The first-order valence-corrected chi connectivity index (χ1v) is 8.14. The third kappa shape index (κ3) is 3.68. The van der Waals surface area contributed by atoms with Crippen LogP contribution in [-0.4, -0.2) is 44.7 Å². The van der Waals surface area contributed by atoms with Crippen LogP contribution in [0.1, 0.15) is 11.7 Å². The molecule has 1 saturated heterocycles. The second-order valence-corrected chi connectivity index (χ2v) is 6.06. The van der Waals surface area contributed by atoms with Gasteiger partial charge in [-0.2, -0.15) is 0 Å². The summed E-state index contributed by atoms with van der Waals surface area (Å²) in [6, 6.07) is 17.7. The molecule has 2 aromatic carbocycles. The molecule has 24 heavy (non-hydrogen) atoms. The molecule has 0 bridgehead atoms. The Morgan fingerprint density at radius 2 is 1.83 bits per heavy atom. The highest BCUT2D eigenvalue weighted by Crippen LogP contribution is 2.26. The summed E-state index contributed by atoms with van der Waals surface area (Å²) in [5.74, 6) is 0. The lowest BCUT2D eigenvalue weighted by Gasteiger charge is -2.33. The van der Waals surface area contributed by atoms with Crippen LogP contribution in [0.2, 0.25) is 0 Å². The maximum absolute atomic E-state index is 12.7. The normalized spacial score (nSPS) is 17.4. The van der Waals surface area contributed by atoms with Crippen LogP contribution in [0.25, 0.3) is 0 Å². The minimum absolute atomic E-state index is 0.0743. The molecular weight excluding hydrogens is 302 g/mol. The topological polar surface area (TPSA) is 44.8 Å². The zero-order valence-electron chi connectivity index (χ0n) is 14.1. The molecule has 1 fully saturated rings. The molecule has 3 rings (SSSR count). The fourth-order valence-corrected chi connectivity index (χ4v) is 2.87. The van der Waals surface area contributed by atoms with Crippen LogP contribution >= 0.6 is 0 Å². The average Bonchev–Trinajstić information content (AvgIpc) is 2.63. The molecule has 1 aliphatic heterocycles. The van der Waals surface area contributed by atoms with Crippen molar-refractivity contribution in [3.8, 4) is 0 Å². The molecule has 5 nitrogen and oxygen atoms in total. The summed E-state index contributed by atoms with van der Waals surface area (Å²) in [5, 5.41) is 3.02. The lowest BCUT2D eigenvalue weighted by Crippen LogP contribution is -2.44. The number of hydrogen-bond donors (Lipinski definition) is 1. The third-order valence-electron chi connectivity index (χ3n) is 4.15. The van der Waals surface area contributed by atoms with E-state index in [1.54, 1.807) is 0 Å². The van der Waals surface area contributed by atoms with Crippen molar-refractivity contribution in [3.63, 3.8) is 0 Å². The second-order valence-electron chi connectivity index (χ2n) is 6.06. The fourth-order valence-electron chi connectivity index (χ4n) is 2.87. The summed E-state index contributed by atoms with van der Waals surface area (Å²) in [6.07, 6.45) is -0.0743. The van der Waals surface area contributed by atoms with E-state index in [2.05, 4.69) is 5.32 Å². The summed E-state index contributed by atoms with van der Waals surface area (Å²) >= 11 is 0. The number of carbonyl (C=O) groups is 1. The van der Waals surface area contributed by atoms with Gasteiger partial charge in [-0.1, -0.05) is 42.5 Å². The molecule has 2 amide bonds. The Labute approximate surface area is 142 Å². The number of anilines is 2. The molecule has 1 heterocycles. The molecular formula is C19H23N3O2. The van der Waals surface area contributed by atoms with Crippen molar-refractivity contribution in [1.29, 1.82) is 0 Å². The van der Waals surface area contributed by atoms with Crippen LogP contribution in [0.3, 0.4) is 0 Å². The van der Waals surface area contributed by atoms with E-state index >= 15 is 0 Å². The minimum Gasteiger partial charge on any atom is -0.376 e. The van der Waals surface area contributed by atoms with Crippen LogP contribution in [0, 0.1) is 0 Å². The molecule has 1 aliphatic rings. The van der Waals surface area contributed by atoms with E-state index in [-0.39, 0.29) is 12.1 Å². The van der Waals surface area contributed by atoms with E-state index in [1.165, 1.54) is 0 Å². The number of morpholine rings is 1. The van der Waals surface area contributed by atoms with Crippen molar-refractivity contribution in [2.45, 2.75) is 6.10 Å². The van der Waals surface area contributed by atoms with Gasteiger partial charge >= 0.3 is 6.03 Å². The van der Waals surface area contributed by atoms with Gasteiger partial charge in [-0.25, -0.2) is 4.79 Å². The number of nitrogens with one attached hydrogen (secondary N) is 1. The van der Waals surface area contributed by atoms with E-state index < -0.39 is 0 Å². The Morgan fingerprint density at radius 3 is 2.58 bits per heavy atom. The number of urea groups is 1. The van der Waals surface area contributed by atoms with Gasteiger partial charge in [0.15, 0.2) is 0 Å². The smallest absolute Gasteiger partial charge is 0.322 e. The minimum atomic E-state index is -0.0893. The number of rotatable bonds is 3. The van der Waals surface area contributed by atoms with Crippen LogP contribution in [0.15, 0.2) is 54.6 Å². The van der Waals surface area contributed by atoms with Gasteiger partial charge in [-0.15, -0.1) is 0 Å². The van der Waals surface area contributed by atoms with Crippen molar-refractivity contribution in [1.82, 2.24) is 4.90 Å². The zero-order valence-corrected chi connectivity index (χ0v) is 14.1. The van der Waals surface area contributed by atoms with Gasteiger partial charge in [0.05, 0.1) is 24.5 Å². The van der Waals surface area contributed by atoms with Gasteiger partial charge in [0.2, 0.25) is 0 Å². The lowest BCUT2D eigenvalue weighted by atomic mass is 10.1. The van der Waals surface area contributed by atoms with E-state index in [0.29, 0.717) is 19.7 Å². The highest BCUT2D eigenvalue weighted by atomic mass is 16.5. The first-order valence-electron chi connectivity index (χ1n) is 8.14. The van der Waals surface area contributed by atoms with Crippen molar-refractivity contribution in [3.05, 3.63) is 60.2 Å². The van der Waals surface area contributed by atoms with Crippen LogP contribution in [-0.2, 0) is 4.74 Å². The SMILES string of the molecule is CN(C)c1ccccc1NC(=O)N1CCOC(c2ccccc2)C1. The van der Waals surface area contributed by atoms with Crippen LogP contribution in [0.4, 0.5) is 16.2 Å². The number of carbonyl (C=O) groups excluding carboxylic acids is 1. The molecule has 126 valence electrons. The van der Waals surface area contributed by atoms with Gasteiger partial charge in [0.25, 0.3) is 0 Å². The van der Waals surface area contributed by atoms with Crippen molar-refractivity contribution in [2.24, 2.45) is 0 Å². The fraction of sp³-hybridized carbons (Fsp3) is 0.316. The lowest BCUT2D eigenvalue weighted by molar-refractivity contribution is -0.0135. The summed E-state index contributed by atoms with van der Waals surface area (Å²) in [5.41, 5.74) is 2.90. The summed E-state index contributed by atoms with van der Waals surface area (Å²) in [7, 11) is 3.93. The number of ether oxygens (including phenoxy) is 1. The molecule has 0 aromatic heterocycles. The third-order valence-corrected chi connectivity index (χ3v) is 4.15. The Balaban J connectivity index is 1.69. The van der Waals surface area contributed by atoms with E-state index in [4.69, 9.17) is 4.74 Å². The average molecular weight is 325 g/mol. The first-order chi connectivity index (χ1) is 11.6. The summed E-state index contributed by atoms with van der Waals surface area (Å²) in [6.45, 7) is 1.70. The Bertz CT molecular complexity index is 688. The molecule has 0 spiro atoms. The Morgan fingerprint density at radius 1 is 1.12 bits per heavy atom. The van der Waals surface area contributed by atoms with E-state index in [1.807, 2.05) is 78.5 Å². The molecule has 0 saturated carbocycles. The maximum atomic E-state index is 12.7. The summed E-state index contributed by atoms with van der Waals surface area (Å²) < 4.78 is 5.83. The first kappa shape index (κ1) is 16.3. The number of amides is 2. The predicted molar refractivity (Wildman–Crippen MR) is 96.5 cm³/mol. The molecule has 0 radical (unpaired) electrons. The Kier molecular flexibility index (Phi) is 5.01. The molecule has 5 heteroatoms. The van der Waals surface area contributed by atoms with Gasteiger partial charge in [0, 0.05) is 20.6 Å². The van der Waals surface area contributed by atoms with Gasteiger partial charge in [-0.05, 0) is 17.7 Å². The number of nitrogens with zero attached hydrogens (tertiary/aromatic N) is 2. The molecule has 1 atom stereocenters. The van der Waals surface area contributed by atoms with Gasteiger partial charge in [0.1, 0.15) is 6.10 Å². The second kappa shape index (κ2) is 7.36. The van der Waals surface area contributed by atoms with E-state index in [9.17, 15) is 4.79 Å². The largest absolute Gasteiger partial charge is 0.376 e. The zero-order chi connectivity index (χ0) is 16.9. The van der Waals surface area contributed by atoms with Gasteiger partial charge in [-0.3, -0.25) is 0 Å². The molecule has 1 unspecified atom stereocenters. The van der Waals surface area contributed by atoms with E-state index in [0.717, 1.165) is 16.9 Å². The number of hydrogen-bond acceptors (Lipinski definition) is 3.